The predicted molar refractivity (Wildman–Crippen MR) is 115 cm³/mol. The molecule has 1 aliphatic heterocycles. The Bertz CT molecular complexity index is 1280. The Labute approximate surface area is 195 Å². The second-order valence-corrected chi connectivity index (χ2v) is 8.12. The Kier molecular flexibility index (Phi) is 6.59. The van der Waals surface area contributed by atoms with Crippen LogP contribution in [0, 0.1) is 12.7 Å². The summed E-state index contributed by atoms with van der Waals surface area (Å²) in [6, 6.07) is 2.74. The van der Waals surface area contributed by atoms with Crippen molar-refractivity contribution in [3.8, 4) is 0 Å². The topological polar surface area (TPSA) is 69.0 Å². The van der Waals surface area contributed by atoms with Gasteiger partial charge in [0.2, 0.25) is 0 Å². The van der Waals surface area contributed by atoms with Crippen molar-refractivity contribution in [3.05, 3.63) is 58.0 Å². The number of pyridine rings is 1. The lowest BCUT2D eigenvalue weighted by Crippen LogP contribution is -2.20. The second-order valence-electron chi connectivity index (χ2n) is 7.72. The maximum absolute atomic E-state index is 15.3. The normalized spacial score (nSPS) is 17.3. The number of fused-ring (bicyclic) bond motifs is 1. The van der Waals surface area contributed by atoms with E-state index in [0.29, 0.717) is 24.5 Å². The molecule has 0 bridgehead atoms. The Hall–Kier alpha value is -3.05. The van der Waals surface area contributed by atoms with Crippen LogP contribution in [0.25, 0.3) is 17.0 Å². The van der Waals surface area contributed by atoms with Crippen LogP contribution in [0.4, 0.5) is 27.6 Å². The molecule has 0 saturated carbocycles. The molecule has 2 aromatic heterocycles. The number of nitrogens with zero attached hydrogens (tertiary/aromatic N) is 3. The zero-order chi connectivity index (χ0) is 24.6. The highest BCUT2D eigenvalue weighted by Gasteiger charge is 2.37. The van der Waals surface area contributed by atoms with Crippen LogP contribution in [0.3, 0.4) is 0 Å². The number of aromatic nitrogens is 3. The molecule has 4 rings (SSSR count). The first-order chi connectivity index (χ1) is 16.1. The van der Waals surface area contributed by atoms with Gasteiger partial charge >= 0.3 is 6.18 Å². The van der Waals surface area contributed by atoms with E-state index in [1.165, 1.54) is 29.9 Å². The molecule has 1 amide bonds. The predicted octanol–water partition coefficient (Wildman–Crippen LogP) is 6.20. The van der Waals surface area contributed by atoms with E-state index in [9.17, 15) is 22.4 Å². The summed E-state index contributed by atoms with van der Waals surface area (Å²) in [5.74, 6) is -3.87. The van der Waals surface area contributed by atoms with E-state index >= 15 is 4.39 Å². The van der Waals surface area contributed by atoms with Gasteiger partial charge in [-0.3, -0.25) is 4.79 Å². The van der Waals surface area contributed by atoms with E-state index in [1.807, 2.05) is 5.32 Å². The third-order valence-electron chi connectivity index (χ3n) is 5.44. The van der Waals surface area contributed by atoms with E-state index in [4.69, 9.17) is 16.3 Å². The minimum atomic E-state index is -4.92. The van der Waals surface area contributed by atoms with E-state index in [0.717, 1.165) is 19.0 Å². The molecule has 1 unspecified atom stereocenters. The zero-order valence-corrected chi connectivity index (χ0v) is 18.5. The molecular weight excluding hydrogens is 483 g/mol. The van der Waals surface area contributed by atoms with Gasteiger partial charge in [0.15, 0.2) is 23.6 Å². The number of carbonyl (C=O) groups excluding carboxylic acids is 1. The summed E-state index contributed by atoms with van der Waals surface area (Å²) in [6.07, 6.45) is -0.192. The van der Waals surface area contributed by atoms with Crippen LogP contribution in [0.2, 0.25) is 5.02 Å². The first-order valence-corrected chi connectivity index (χ1v) is 10.6. The summed E-state index contributed by atoms with van der Waals surface area (Å²) < 4.78 is 76.8. The van der Waals surface area contributed by atoms with E-state index in [1.54, 1.807) is 0 Å². The smallest absolute Gasteiger partial charge is 0.356 e. The zero-order valence-electron chi connectivity index (χ0n) is 17.7. The highest BCUT2D eigenvalue weighted by Crippen LogP contribution is 2.37. The molecule has 1 fully saturated rings. The van der Waals surface area contributed by atoms with Gasteiger partial charge in [0.25, 0.3) is 5.91 Å². The molecule has 3 aromatic rings. The van der Waals surface area contributed by atoms with Gasteiger partial charge in [-0.05, 0) is 37.8 Å². The Balaban J connectivity index is 1.67. The second kappa shape index (κ2) is 9.30. The molecule has 1 N–H and O–H groups in total. The molecule has 0 radical (unpaired) electrons. The number of ether oxygens (including phenoxy) is 1. The number of nitrogens with one attached hydrogen (secondary N) is 1. The number of benzene rings is 1. The van der Waals surface area contributed by atoms with Crippen LogP contribution in [0.1, 0.15) is 42.3 Å². The molecule has 1 aromatic carbocycles. The van der Waals surface area contributed by atoms with Crippen LogP contribution < -0.4 is 5.32 Å². The van der Waals surface area contributed by atoms with Crippen molar-refractivity contribution in [2.24, 2.45) is 0 Å². The highest BCUT2D eigenvalue weighted by atomic mass is 35.5. The number of hydrogen-bond donors (Lipinski definition) is 1. The summed E-state index contributed by atoms with van der Waals surface area (Å²) in [7, 11) is 0. The minimum Gasteiger partial charge on any atom is -0.356 e. The van der Waals surface area contributed by atoms with Gasteiger partial charge in [-0.15, -0.1) is 0 Å². The molecular formula is C22H18ClF5N4O2. The van der Waals surface area contributed by atoms with Crippen molar-refractivity contribution in [2.45, 2.75) is 38.6 Å². The van der Waals surface area contributed by atoms with Gasteiger partial charge in [0, 0.05) is 23.8 Å². The van der Waals surface area contributed by atoms with Crippen LogP contribution in [-0.4, -0.2) is 27.3 Å². The lowest BCUT2D eigenvalue weighted by atomic mass is 10.1. The van der Waals surface area contributed by atoms with Gasteiger partial charge in [-0.2, -0.15) is 18.3 Å². The fourth-order valence-electron chi connectivity index (χ4n) is 3.68. The quantitative estimate of drug-likeness (QED) is 0.342. The molecule has 12 heteroatoms. The monoisotopic (exact) mass is 500 g/mol. The molecule has 1 atom stereocenters. The summed E-state index contributed by atoms with van der Waals surface area (Å²) in [5, 5.41) is 6.32. The Morgan fingerprint density at radius 1 is 1.29 bits per heavy atom. The molecule has 180 valence electrons. The number of carbonyl (C=O) groups is 1. The van der Waals surface area contributed by atoms with Crippen molar-refractivity contribution >= 4 is 40.2 Å². The lowest BCUT2D eigenvalue weighted by molar-refractivity contribution is -0.140. The van der Waals surface area contributed by atoms with Crippen molar-refractivity contribution in [3.63, 3.8) is 0 Å². The van der Waals surface area contributed by atoms with Gasteiger partial charge in [-0.25, -0.2) is 18.4 Å². The minimum absolute atomic E-state index is 0.0723. The number of anilines is 1. The average molecular weight is 501 g/mol. The molecule has 6 nitrogen and oxygen atoms in total. The number of amides is 1. The van der Waals surface area contributed by atoms with Crippen molar-refractivity contribution in [1.29, 1.82) is 0 Å². The Morgan fingerprint density at radius 2 is 2.06 bits per heavy atom. The standard InChI is InChI=1S/C22H18ClF5N4O2/c1-11-14(23)10-29-20(22(26,27)28)18(11)31-21(33)15(24)8-12-5-6-13-9-30-32(19(13)17(12)25)16-4-2-3-7-34-16/h5-6,8-10,16H,2-4,7H2,1H3,(H,31,33)/b15-8-. The SMILES string of the molecule is Cc1c(Cl)cnc(C(F)(F)F)c1NC(=O)/C(F)=C/c1ccc2cnn(C3CCCCO3)c2c1F. The number of rotatable bonds is 4. The summed E-state index contributed by atoms with van der Waals surface area (Å²) in [5.41, 5.74) is -2.57. The van der Waals surface area contributed by atoms with E-state index < -0.39 is 41.3 Å². The number of alkyl halides is 3. The van der Waals surface area contributed by atoms with Crippen molar-refractivity contribution in [2.75, 3.05) is 11.9 Å². The summed E-state index contributed by atoms with van der Waals surface area (Å²) in [6.45, 7) is 1.72. The largest absolute Gasteiger partial charge is 0.435 e. The maximum Gasteiger partial charge on any atom is 0.435 e. The van der Waals surface area contributed by atoms with E-state index in [2.05, 4.69) is 10.1 Å². The fourth-order valence-corrected chi connectivity index (χ4v) is 3.83. The van der Waals surface area contributed by atoms with Gasteiger partial charge in [0.1, 0.15) is 5.52 Å². The number of halogens is 6. The molecule has 34 heavy (non-hydrogen) atoms. The highest BCUT2D eigenvalue weighted by molar-refractivity contribution is 6.31. The molecule has 1 aliphatic rings. The van der Waals surface area contributed by atoms with Gasteiger partial charge in [0.05, 0.1) is 16.9 Å². The van der Waals surface area contributed by atoms with Crippen LogP contribution >= 0.6 is 11.6 Å². The summed E-state index contributed by atoms with van der Waals surface area (Å²) in [4.78, 5) is 15.6. The first-order valence-electron chi connectivity index (χ1n) is 10.3. The third kappa shape index (κ3) is 4.62. The van der Waals surface area contributed by atoms with Crippen molar-refractivity contribution < 1.29 is 31.5 Å². The third-order valence-corrected chi connectivity index (χ3v) is 5.82. The van der Waals surface area contributed by atoms with Crippen LogP contribution in [0.5, 0.6) is 0 Å². The fraction of sp³-hybridized carbons (Fsp3) is 0.318. The number of hydrogen-bond acceptors (Lipinski definition) is 4. The summed E-state index contributed by atoms with van der Waals surface area (Å²) >= 11 is 5.82. The first kappa shape index (κ1) is 24.1. The van der Waals surface area contributed by atoms with Gasteiger partial charge in [-0.1, -0.05) is 23.7 Å². The molecule has 1 saturated heterocycles. The van der Waals surface area contributed by atoms with Crippen LogP contribution in [-0.2, 0) is 15.7 Å². The van der Waals surface area contributed by atoms with Crippen molar-refractivity contribution in [1.82, 2.24) is 14.8 Å². The van der Waals surface area contributed by atoms with Crippen LogP contribution in [0.15, 0.2) is 30.4 Å². The maximum atomic E-state index is 15.3. The van der Waals surface area contributed by atoms with Gasteiger partial charge < -0.3 is 10.1 Å². The van der Waals surface area contributed by atoms with E-state index in [-0.39, 0.29) is 21.7 Å². The Morgan fingerprint density at radius 3 is 2.74 bits per heavy atom. The molecule has 3 heterocycles. The molecule has 0 spiro atoms. The molecule has 0 aliphatic carbocycles. The lowest BCUT2D eigenvalue weighted by Gasteiger charge is -2.23. The average Bonchev–Trinajstić information content (AvgIpc) is 3.23.